The molecule has 1 aromatic carbocycles. The van der Waals surface area contributed by atoms with Crippen LogP contribution in [0.2, 0.25) is 5.02 Å². The molecule has 0 amide bonds. The van der Waals surface area contributed by atoms with Gasteiger partial charge in [0.15, 0.2) is 5.76 Å². The number of rotatable bonds is 3. The molecule has 2 heterocycles. The third-order valence-corrected chi connectivity index (χ3v) is 3.71. The Morgan fingerprint density at radius 3 is 3.10 bits per heavy atom. The highest BCUT2D eigenvalue weighted by Gasteiger charge is 2.17. The number of piperazine rings is 1. The Morgan fingerprint density at radius 2 is 2.33 bits per heavy atom. The lowest BCUT2D eigenvalue weighted by molar-refractivity contribution is 0.184. The second kappa shape index (κ2) is 7.27. The van der Waals surface area contributed by atoms with E-state index >= 15 is 0 Å². The molecule has 2 aromatic rings. The molecule has 6 heteroatoms. The van der Waals surface area contributed by atoms with Gasteiger partial charge in [0.1, 0.15) is 0 Å². The SMILES string of the molecule is C[C@H]1CN(Cc2ncc(-c3cccc(Cl)c3)o2)CCN1.Cl. The van der Waals surface area contributed by atoms with Gasteiger partial charge in [0, 0.05) is 36.3 Å². The van der Waals surface area contributed by atoms with Crippen molar-refractivity contribution in [3.05, 3.63) is 41.4 Å². The first-order valence-corrected chi connectivity index (χ1v) is 7.25. The minimum absolute atomic E-state index is 0. The van der Waals surface area contributed by atoms with Crippen molar-refractivity contribution in [2.75, 3.05) is 19.6 Å². The highest BCUT2D eigenvalue weighted by atomic mass is 35.5. The number of hydrogen-bond acceptors (Lipinski definition) is 4. The van der Waals surface area contributed by atoms with Crippen LogP contribution < -0.4 is 5.32 Å². The van der Waals surface area contributed by atoms with Crippen LogP contribution >= 0.6 is 24.0 Å². The first-order chi connectivity index (χ1) is 9.70. The Balaban J connectivity index is 0.00000161. The van der Waals surface area contributed by atoms with E-state index in [2.05, 4.69) is 22.1 Å². The summed E-state index contributed by atoms with van der Waals surface area (Å²) in [7, 11) is 0. The van der Waals surface area contributed by atoms with Gasteiger partial charge in [-0.3, -0.25) is 4.90 Å². The standard InChI is InChI=1S/C15H18ClN3O.ClH/c1-11-9-19(6-5-17-11)10-15-18-8-14(20-15)12-3-2-4-13(16)7-12;/h2-4,7-8,11,17H,5-6,9-10H2,1H3;1H/t11-;/m0./s1. The fourth-order valence-corrected chi connectivity index (χ4v) is 2.70. The Morgan fingerprint density at radius 1 is 1.48 bits per heavy atom. The van der Waals surface area contributed by atoms with Crippen LogP contribution in [0, 0.1) is 0 Å². The predicted octanol–water partition coefficient (Wildman–Crippen LogP) is 3.21. The quantitative estimate of drug-likeness (QED) is 0.939. The number of nitrogens with zero attached hydrogens (tertiary/aromatic N) is 2. The zero-order valence-electron chi connectivity index (χ0n) is 11.9. The van der Waals surface area contributed by atoms with Crippen LogP contribution in [0.1, 0.15) is 12.8 Å². The zero-order valence-corrected chi connectivity index (χ0v) is 13.5. The van der Waals surface area contributed by atoms with E-state index in [0.29, 0.717) is 11.1 Å². The molecule has 0 aliphatic carbocycles. The van der Waals surface area contributed by atoms with Gasteiger partial charge in [-0.15, -0.1) is 12.4 Å². The van der Waals surface area contributed by atoms with Crippen molar-refractivity contribution in [1.29, 1.82) is 0 Å². The van der Waals surface area contributed by atoms with Crippen molar-refractivity contribution in [3.63, 3.8) is 0 Å². The maximum Gasteiger partial charge on any atom is 0.209 e. The molecule has 1 atom stereocenters. The van der Waals surface area contributed by atoms with E-state index in [4.69, 9.17) is 16.0 Å². The number of oxazole rings is 1. The number of aromatic nitrogens is 1. The van der Waals surface area contributed by atoms with Crippen LogP contribution in [0.4, 0.5) is 0 Å². The van der Waals surface area contributed by atoms with Crippen molar-refractivity contribution in [2.24, 2.45) is 0 Å². The Kier molecular flexibility index (Phi) is 5.65. The fraction of sp³-hybridized carbons (Fsp3) is 0.400. The van der Waals surface area contributed by atoms with E-state index in [0.717, 1.165) is 43.4 Å². The molecule has 21 heavy (non-hydrogen) atoms. The molecule has 1 fully saturated rings. The summed E-state index contributed by atoms with van der Waals surface area (Å²) in [5.41, 5.74) is 0.963. The third-order valence-electron chi connectivity index (χ3n) is 3.47. The minimum atomic E-state index is 0. The van der Waals surface area contributed by atoms with Crippen LogP contribution in [0.3, 0.4) is 0 Å². The summed E-state index contributed by atoms with van der Waals surface area (Å²) in [6, 6.07) is 8.15. The van der Waals surface area contributed by atoms with E-state index < -0.39 is 0 Å². The summed E-state index contributed by atoms with van der Waals surface area (Å²) >= 11 is 6.00. The summed E-state index contributed by atoms with van der Waals surface area (Å²) in [6.07, 6.45) is 1.77. The van der Waals surface area contributed by atoms with Crippen molar-refractivity contribution in [1.82, 2.24) is 15.2 Å². The molecule has 1 saturated heterocycles. The van der Waals surface area contributed by atoms with E-state index in [-0.39, 0.29) is 12.4 Å². The molecular formula is C15H19Cl2N3O. The maximum absolute atomic E-state index is 6.00. The normalized spacial score (nSPS) is 19.2. The average molecular weight is 328 g/mol. The van der Waals surface area contributed by atoms with Gasteiger partial charge in [-0.2, -0.15) is 0 Å². The second-order valence-corrected chi connectivity index (χ2v) is 5.66. The van der Waals surface area contributed by atoms with Crippen LogP contribution in [-0.4, -0.2) is 35.6 Å². The van der Waals surface area contributed by atoms with E-state index in [9.17, 15) is 0 Å². The molecule has 0 spiro atoms. The van der Waals surface area contributed by atoms with Gasteiger partial charge in [-0.1, -0.05) is 23.7 Å². The molecule has 0 unspecified atom stereocenters. The summed E-state index contributed by atoms with van der Waals surface area (Å²) in [5, 5.41) is 4.13. The number of hydrogen-bond donors (Lipinski definition) is 1. The highest BCUT2D eigenvalue weighted by Crippen LogP contribution is 2.23. The Bertz CT molecular complexity index is 588. The van der Waals surface area contributed by atoms with Crippen molar-refractivity contribution < 1.29 is 4.42 Å². The Hall–Kier alpha value is -1.07. The zero-order chi connectivity index (χ0) is 13.9. The third kappa shape index (κ3) is 4.20. The minimum Gasteiger partial charge on any atom is -0.439 e. The van der Waals surface area contributed by atoms with Gasteiger partial charge in [-0.25, -0.2) is 4.98 Å². The van der Waals surface area contributed by atoms with E-state index in [1.54, 1.807) is 6.20 Å². The Labute approximate surface area is 135 Å². The first-order valence-electron chi connectivity index (χ1n) is 6.87. The smallest absolute Gasteiger partial charge is 0.209 e. The number of nitrogens with one attached hydrogen (secondary N) is 1. The van der Waals surface area contributed by atoms with Crippen LogP contribution in [-0.2, 0) is 6.54 Å². The molecule has 1 aromatic heterocycles. The molecule has 4 nitrogen and oxygen atoms in total. The largest absolute Gasteiger partial charge is 0.439 e. The van der Waals surface area contributed by atoms with E-state index in [1.807, 2.05) is 24.3 Å². The lowest BCUT2D eigenvalue weighted by Gasteiger charge is -2.30. The number of halogens is 2. The topological polar surface area (TPSA) is 41.3 Å². The summed E-state index contributed by atoms with van der Waals surface area (Å²) < 4.78 is 5.83. The summed E-state index contributed by atoms with van der Waals surface area (Å²) in [5.74, 6) is 1.53. The average Bonchev–Trinajstić information content (AvgIpc) is 2.87. The van der Waals surface area contributed by atoms with Crippen LogP contribution in [0.5, 0.6) is 0 Å². The highest BCUT2D eigenvalue weighted by molar-refractivity contribution is 6.30. The lowest BCUT2D eigenvalue weighted by Crippen LogP contribution is -2.48. The lowest BCUT2D eigenvalue weighted by atomic mass is 10.2. The summed E-state index contributed by atoms with van der Waals surface area (Å²) in [4.78, 5) is 6.73. The molecular weight excluding hydrogens is 309 g/mol. The molecule has 0 saturated carbocycles. The molecule has 1 aliphatic heterocycles. The van der Waals surface area contributed by atoms with Gasteiger partial charge >= 0.3 is 0 Å². The van der Waals surface area contributed by atoms with Crippen molar-refractivity contribution in [2.45, 2.75) is 19.5 Å². The van der Waals surface area contributed by atoms with Gasteiger partial charge in [-0.05, 0) is 19.1 Å². The molecule has 3 rings (SSSR count). The predicted molar refractivity (Wildman–Crippen MR) is 86.9 cm³/mol. The van der Waals surface area contributed by atoms with Gasteiger partial charge < -0.3 is 9.73 Å². The molecule has 0 bridgehead atoms. The van der Waals surface area contributed by atoms with Gasteiger partial charge in [0.05, 0.1) is 12.7 Å². The molecule has 0 radical (unpaired) electrons. The van der Waals surface area contributed by atoms with Gasteiger partial charge in [0.2, 0.25) is 5.89 Å². The van der Waals surface area contributed by atoms with Crippen LogP contribution in [0.15, 0.2) is 34.9 Å². The molecule has 1 aliphatic rings. The number of benzene rings is 1. The van der Waals surface area contributed by atoms with Crippen LogP contribution in [0.25, 0.3) is 11.3 Å². The maximum atomic E-state index is 6.00. The fourth-order valence-electron chi connectivity index (χ4n) is 2.51. The monoisotopic (exact) mass is 327 g/mol. The molecule has 114 valence electrons. The van der Waals surface area contributed by atoms with Crippen molar-refractivity contribution >= 4 is 24.0 Å². The van der Waals surface area contributed by atoms with Crippen molar-refractivity contribution in [3.8, 4) is 11.3 Å². The van der Waals surface area contributed by atoms with E-state index in [1.165, 1.54) is 0 Å². The summed E-state index contributed by atoms with van der Waals surface area (Å²) in [6.45, 7) is 6.02. The second-order valence-electron chi connectivity index (χ2n) is 5.22. The first kappa shape index (κ1) is 16.3. The van der Waals surface area contributed by atoms with Gasteiger partial charge in [0.25, 0.3) is 0 Å². The molecule has 1 N–H and O–H groups in total.